The third kappa shape index (κ3) is 1.10. The van der Waals surface area contributed by atoms with E-state index in [4.69, 9.17) is 14.9 Å². The van der Waals surface area contributed by atoms with Crippen molar-refractivity contribution in [2.45, 2.75) is 0 Å². The van der Waals surface area contributed by atoms with Crippen molar-refractivity contribution in [3.8, 4) is 5.75 Å². The van der Waals surface area contributed by atoms with E-state index < -0.39 is 5.91 Å². The molecule has 0 unspecified atom stereocenters. The second-order valence-corrected chi connectivity index (χ2v) is 2.71. The highest BCUT2D eigenvalue weighted by atomic mass is 16.5. The number of carbonyl (C=O) groups is 1. The van der Waals surface area contributed by atoms with Crippen molar-refractivity contribution in [2.24, 2.45) is 5.73 Å². The van der Waals surface area contributed by atoms with Gasteiger partial charge in [0.2, 0.25) is 0 Å². The van der Waals surface area contributed by atoms with Crippen LogP contribution in [0.4, 0.5) is 0 Å². The first-order valence-corrected chi connectivity index (χ1v) is 3.94. The van der Waals surface area contributed by atoms with E-state index in [1.54, 1.807) is 12.1 Å². The number of rotatable bonds is 2. The van der Waals surface area contributed by atoms with Crippen LogP contribution in [-0.2, 0) is 0 Å². The number of methoxy groups -OCH3 is 1. The summed E-state index contributed by atoms with van der Waals surface area (Å²) in [6, 6.07) is 3.18. The molecule has 1 aromatic carbocycles. The minimum absolute atomic E-state index is 0.304. The maximum absolute atomic E-state index is 11.0. The molecule has 1 amide bonds. The zero-order valence-electron chi connectivity index (χ0n) is 7.48. The van der Waals surface area contributed by atoms with Gasteiger partial charge in [-0.25, -0.2) is 4.98 Å². The Morgan fingerprint density at radius 2 is 2.36 bits per heavy atom. The molecule has 1 aromatic heterocycles. The Bertz CT molecular complexity index is 490. The summed E-state index contributed by atoms with van der Waals surface area (Å²) in [6.07, 6.45) is 1.25. The maximum atomic E-state index is 11.0. The van der Waals surface area contributed by atoms with Crippen LogP contribution in [-0.4, -0.2) is 18.0 Å². The first-order chi connectivity index (χ1) is 6.74. The van der Waals surface area contributed by atoms with Crippen LogP contribution in [0.1, 0.15) is 10.4 Å². The molecule has 1 heterocycles. The van der Waals surface area contributed by atoms with Gasteiger partial charge in [0.25, 0.3) is 5.91 Å². The second kappa shape index (κ2) is 3.02. The first-order valence-electron chi connectivity index (χ1n) is 3.94. The average Bonchev–Trinajstić information content (AvgIpc) is 2.64. The van der Waals surface area contributed by atoms with Gasteiger partial charge in [-0.05, 0) is 12.1 Å². The van der Waals surface area contributed by atoms with Crippen molar-refractivity contribution in [1.82, 2.24) is 4.98 Å². The van der Waals surface area contributed by atoms with Gasteiger partial charge in [-0.15, -0.1) is 0 Å². The van der Waals surface area contributed by atoms with Gasteiger partial charge in [-0.1, -0.05) is 0 Å². The molecule has 0 saturated heterocycles. The van der Waals surface area contributed by atoms with Gasteiger partial charge >= 0.3 is 0 Å². The molecule has 0 fully saturated rings. The molecule has 14 heavy (non-hydrogen) atoms. The number of hydrogen-bond donors (Lipinski definition) is 1. The van der Waals surface area contributed by atoms with Crippen LogP contribution >= 0.6 is 0 Å². The summed E-state index contributed by atoms with van der Waals surface area (Å²) in [5.74, 6) is 0.00755. The number of ether oxygens (including phenoxy) is 1. The highest BCUT2D eigenvalue weighted by molar-refractivity contribution is 6.04. The molecule has 0 radical (unpaired) electrons. The lowest BCUT2D eigenvalue weighted by atomic mass is 10.2. The molecule has 72 valence electrons. The number of carbonyl (C=O) groups excluding carboxylic acids is 1. The topological polar surface area (TPSA) is 78.4 Å². The predicted molar refractivity (Wildman–Crippen MR) is 49.1 cm³/mol. The van der Waals surface area contributed by atoms with E-state index in [0.717, 1.165) is 0 Å². The fraction of sp³-hybridized carbons (Fsp3) is 0.111. The van der Waals surface area contributed by atoms with Crippen molar-refractivity contribution < 1.29 is 13.9 Å². The van der Waals surface area contributed by atoms with Crippen LogP contribution in [0.25, 0.3) is 11.1 Å². The molecule has 0 aliphatic heterocycles. The lowest BCUT2D eigenvalue weighted by molar-refractivity contribution is 0.100. The van der Waals surface area contributed by atoms with E-state index in [-0.39, 0.29) is 0 Å². The molecular formula is C9H8N2O3. The van der Waals surface area contributed by atoms with Crippen LogP contribution in [0.15, 0.2) is 22.9 Å². The number of fused-ring (bicyclic) bond motifs is 1. The summed E-state index contributed by atoms with van der Waals surface area (Å²) >= 11 is 0. The van der Waals surface area contributed by atoms with Gasteiger partial charge in [-0.2, -0.15) is 0 Å². The summed E-state index contributed by atoms with van der Waals surface area (Å²) in [5, 5.41) is 0. The molecule has 0 bridgehead atoms. The standard InChI is InChI=1S/C9H8N2O3/c1-13-6-3-2-5(9(10)12)8-7(6)11-4-14-8/h2-4H,1H3,(H2,10,12). The smallest absolute Gasteiger partial charge is 0.252 e. The number of benzene rings is 1. The van der Waals surface area contributed by atoms with Crippen molar-refractivity contribution in [1.29, 1.82) is 0 Å². The number of primary amides is 1. The minimum atomic E-state index is -0.547. The fourth-order valence-electron chi connectivity index (χ4n) is 1.29. The molecule has 0 spiro atoms. The Hall–Kier alpha value is -2.04. The Labute approximate surface area is 79.5 Å². The summed E-state index contributed by atoms with van der Waals surface area (Å²) < 4.78 is 10.1. The number of oxazole rings is 1. The zero-order chi connectivity index (χ0) is 10.1. The van der Waals surface area contributed by atoms with Crippen molar-refractivity contribution in [3.63, 3.8) is 0 Å². The summed E-state index contributed by atoms with van der Waals surface area (Å²) in [7, 11) is 1.52. The molecule has 5 heteroatoms. The monoisotopic (exact) mass is 192 g/mol. The molecule has 0 aliphatic rings. The number of amides is 1. The number of aromatic nitrogens is 1. The first kappa shape index (κ1) is 8.55. The lowest BCUT2D eigenvalue weighted by Crippen LogP contribution is -2.11. The SMILES string of the molecule is COc1ccc(C(N)=O)c2ocnc12. The van der Waals surface area contributed by atoms with Gasteiger partial charge in [0.1, 0.15) is 5.75 Å². The van der Waals surface area contributed by atoms with Gasteiger partial charge in [0.15, 0.2) is 17.5 Å². The Morgan fingerprint density at radius 1 is 1.57 bits per heavy atom. The molecule has 0 saturated carbocycles. The average molecular weight is 192 g/mol. The summed E-state index contributed by atoms with van der Waals surface area (Å²) in [5.41, 5.74) is 6.33. The highest BCUT2D eigenvalue weighted by Crippen LogP contribution is 2.26. The Morgan fingerprint density at radius 3 is 3.00 bits per heavy atom. The lowest BCUT2D eigenvalue weighted by Gasteiger charge is -2.01. The Balaban J connectivity index is 2.78. The fourth-order valence-corrected chi connectivity index (χ4v) is 1.29. The quantitative estimate of drug-likeness (QED) is 0.767. The highest BCUT2D eigenvalue weighted by Gasteiger charge is 2.13. The van der Waals surface area contributed by atoms with Gasteiger partial charge in [0.05, 0.1) is 12.7 Å². The van der Waals surface area contributed by atoms with Crippen molar-refractivity contribution in [2.75, 3.05) is 7.11 Å². The third-order valence-corrected chi connectivity index (χ3v) is 1.93. The molecule has 5 nitrogen and oxygen atoms in total. The van der Waals surface area contributed by atoms with E-state index in [1.165, 1.54) is 13.5 Å². The van der Waals surface area contributed by atoms with Crippen molar-refractivity contribution >= 4 is 17.0 Å². The second-order valence-electron chi connectivity index (χ2n) is 2.71. The summed E-state index contributed by atoms with van der Waals surface area (Å²) in [6.45, 7) is 0. The van der Waals surface area contributed by atoms with Gasteiger partial charge in [0, 0.05) is 0 Å². The van der Waals surface area contributed by atoms with Crippen LogP contribution in [0.5, 0.6) is 5.75 Å². The van der Waals surface area contributed by atoms with E-state index >= 15 is 0 Å². The number of nitrogens with two attached hydrogens (primary N) is 1. The van der Waals surface area contributed by atoms with Crippen LogP contribution < -0.4 is 10.5 Å². The molecule has 0 atom stereocenters. The molecule has 2 rings (SSSR count). The zero-order valence-corrected chi connectivity index (χ0v) is 7.48. The van der Waals surface area contributed by atoms with Gasteiger partial charge < -0.3 is 14.9 Å². The number of nitrogens with zero attached hydrogens (tertiary/aromatic N) is 1. The number of hydrogen-bond acceptors (Lipinski definition) is 4. The van der Waals surface area contributed by atoms with E-state index in [9.17, 15) is 4.79 Å². The Kier molecular flexibility index (Phi) is 1.85. The van der Waals surface area contributed by atoms with Crippen molar-refractivity contribution in [3.05, 3.63) is 24.1 Å². The predicted octanol–water partition coefficient (Wildman–Crippen LogP) is 0.935. The van der Waals surface area contributed by atoms with Crippen LogP contribution in [0.2, 0.25) is 0 Å². The van der Waals surface area contributed by atoms with E-state index in [0.29, 0.717) is 22.4 Å². The molecule has 2 N–H and O–H groups in total. The van der Waals surface area contributed by atoms with Crippen LogP contribution in [0, 0.1) is 0 Å². The van der Waals surface area contributed by atoms with E-state index in [1.807, 2.05) is 0 Å². The van der Waals surface area contributed by atoms with E-state index in [2.05, 4.69) is 4.98 Å². The minimum Gasteiger partial charge on any atom is -0.494 e. The normalized spacial score (nSPS) is 10.4. The maximum Gasteiger partial charge on any atom is 0.252 e. The van der Waals surface area contributed by atoms with Gasteiger partial charge in [-0.3, -0.25) is 4.79 Å². The molecule has 0 aliphatic carbocycles. The van der Waals surface area contributed by atoms with Crippen LogP contribution in [0.3, 0.4) is 0 Å². The third-order valence-electron chi connectivity index (χ3n) is 1.93. The summed E-state index contributed by atoms with van der Waals surface area (Å²) in [4.78, 5) is 14.9. The molecule has 2 aromatic rings. The largest absolute Gasteiger partial charge is 0.494 e. The molecular weight excluding hydrogens is 184 g/mol.